The zero-order valence-electron chi connectivity index (χ0n) is 23.2. The van der Waals surface area contributed by atoms with Crippen LogP contribution in [0.3, 0.4) is 0 Å². The monoisotopic (exact) mass is 562 g/mol. The number of imidazole rings is 1. The number of methoxy groups -OCH3 is 1. The van der Waals surface area contributed by atoms with Gasteiger partial charge in [0.05, 0.1) is 18.3 Å². The second-order valence-electron chi connectivity index (χ2n) is 10.2. The van der Waals surface area contributed by atoms with Gasteiger partial charge in [-0.15, -0.1) is 0 Å². The van der Waals surface area contributed by atoms with Gasteiger partial charge in [0.15, 0.2) is 5.69 Å². The summed E-state index contributed by atoms with van der Waals surface area (Å²) < 4.78 is 53.1. The van der Waals surface area contributed by atoms with Crippen LogP contribution in [0.25, 0.3) is 22.0 Å². The highest BCUT2D eigenvalue weighted by Crippen LogP contribution is 2.41. The van der Waals surface area contributed by atoms with Crippen LogP contribution in [0.4, 0.5) is 18.9 Å². The van der Waals surface area contributed by atoms with Crippen LogP contribution in [-0.2, 0) is 32.7 Å². The van der Waals surface area contributed by atoms with E-state index in [-0.39, 0.29) is 18.0 Å². The molecule has 0 fully saturated rings. The average molecular weight is 563 g/mol. The second kappa shape index (κ2) is 9.83. The van der Waals surface area contributed by atoms with Crippen LogP contribution >= 0.6 is 0 Å². The molecule has 0 saturated heterocycles. The molecule has 8 nitrogen and oxygen atoms in total. The standard InChI is InChI=1S/C30H29F3N6O2/c1-5-38-16-25(28(35-38)30(31,32)33)22-12-19(15-37-11-9-34-18(37)2)13-23-21(22)8-10-39(29(23)40)27-17-36(3)26-7-6-20(41-4)14-24(26)27/h6-7,9,11-14,16-17H,5,8,10,15H2,1-4H3. The summed E-state index contributed by atoms with van der Waals surface area (Å²) in [6.07, 6.45) is 2.55. The van der Waals surface area contributed by atoms with Gasteiger partial charge in [-0.05, 0) is 67.3 Å². The van der Waals surface area contributed by atoms with Crippen molar-refractivity contribution in [1.82, 2.24) is 23.9 Å². The van der Waals surface area contributed by atoms with Crippen LogP contribution in [0.15, 0.2) is 55.1 Å². The number of hydrogen-bond acceptors (Lipinski definition) is 4. The lowest BCUT2D eigenvalue weighted by molar-refractivity contribution is -0.141. The van der Waals surface area contributed by atoms with Crippen LogP contribution in [0.2, 0.25) is 0 Å². The number of carbonyl (C=O) groups excluding carboxylic acids is 1. The molecule has 2 aromatic carbocycles. The summed E-state index contributed by atoms with van der Waals surface area (Å²) in [7, 11) is 3.50. The first kappa shape index (κ1) is 26.7. The first-order chi connectivity index (χ1) is 19.6. The van der Waals surface area contributed by atoms with Gasteiger partial charge in [0, 0.05) is 68.0 Å². The molecule has 0 saturated carbocycles. The lowest BCUT2D eigenvalue weighted by Gasteiger charge is -2.30. The van der Waals surface area contributed by atoms with Gasteiger partial charge in [0.2, 0.25) is 0 Å². The summed E-state index contributed by atoms with van der Waals surface area (Å²) >= 11 is 0. The van der Waals surface area contributed by atoms with Gasteiger partial charge in [-0.2, -0.15) is 18.3 Å². The molecule has 0 unspecified atom stereocenters. The van der Waals surface area contributed by atoms with Gasteiger partial charge < -0.3 is 18.8 Å². The Morgan fingerprint density at radius 3 is 2.54 bits per heavy atom. The third kappa shape index (κ3) is 4.55. The first-order valence-electron chi connectivity index (χ1n) is 13.3. The van der Waals surface area contributed by atoms with E-state index in [2.05, 4.69) is 10.1 Å². The van der Waals surface area contributed by atoms with Crippen molar-refractivity contribution in [2.24, 2.45) is 7.05 Å². The number of hydrogen-bond donors (Lipinski definition) is 0. The molecule has 0 spiro atoms. The predicted molar refractivity (Wildman–Crippen MR) is 149 cm³/mol. The number of fused-ring (bicyclic) bond motifs is 2. The van der Waals surface area contributed by atoms with Crippen molar-refractivity contribution in [3.8, 4) is 16.9 Å². The number of aryl methyl sites for hydroxylation is 3. The van der Waals surface area contributed by atoms with Crippen molar-refractivity contribution >= 4 is 22.5 Å². The van der Waals surface area contributed by atoms with Gasteiger partial charge in [-0.25, -0.2) is 4.98 Å². The molecule has 0 atom stereocenters. The minimum absolute atomic E-state index is 0.0176. The lowest BCUT2D eigenvalue weighted by Crippen LogP contribution is -2.38. The third-order valence-electron chi connectivity index (χ3n) is 7.76. The number of carbonyl (C=O) groups is 1. The van der Waals surface area contributed by atoms with Crippen molar-refractivity contribution in [2.75, 3.05) is 18.6 Å². The Hall–Kier alpha value is -4.54. The van der Waals surface area contributed by atoms with Crippen molar-refractivity contribution in [2.45, 2.75) is 39.5 Å². The Labute approximate surface area is 234 Å². The molecule has 0 aliphatic carbocycles. The van der Waals surface area contributed by atoms with E-state index in [0.29, 0.717) is 47.5 Å². The third-order valence-corrected chi connectivity index (χ3v) is 7.76. The fraction of sp³-hybridized carbons (Fsp3) is 0.300. The normalized spacial score (nSPS) is 13.7. The van der Waals surface area contributed by atoms with Crippen LogP contribution in [0.1, 0.15) is 39.9 Å². The van der Waals surface area contributed by atoms with Gasteiger partial charge in [-0.3, -0.25) is 9.48 Å². The Balaban J connectivity index is 1.53. The van der Waals surface area contributed by atoms with E-state index in [9.17, 15) is 18.0 Å². The zero-order chi connectivity index (χ0) is 29.1. The summed E-state index contributed by atoms with van der Waals surface area (Å²) in [4.78, 5) is 20.2. The fourth-order valence-corrected chi connectivity index (χ4v) is 5.67. The van der Waals surface area contributed by atoms with Crippen molar-refractivity contribution < 1.29 is 22.7 Å². The molecule has 4 heterocycles. The van der Waals surface area contributed by atoms with Crippen molar-refractivity contribution in [1.29, 1.82) is 0 Å². The maximum Gasteiger partial charge on any atom is 0.435 e. The summed E-state index contributed by atoms with van der Waals surface area (Å²) in [5, 5.41) is 4.70. The molecule has 1 amide bonds. The summed E-state index contributed by atoms with van der Waals surface area (Å²) in [6.45, 7) is 4.56. The Kier molecular flexibility index (Phi) is 6.39. The maximum absolute atomic E-state index is 14.2. The molecule has 3 aromatic heterocycles. The topological polar surface area (TPSA) is 70.1 Å². The van der Waals surface area contributed by atoms with E-state index in [1.165, 1.54) is 10.9 Å². The first-order valence-corrected chi connectivity index (χ1v) is 13.3. The fourth-order valence-electron chi connectivity index (χ4n) is 5.67. The Morgan fingerprint density at radius 1 is 1.07 bits per heavy atom. The van der Waals surface area contributed by atoms with Gasteiger partial charge in [0.1, 0.15) is 11.6 Å². The number of nitrogens with zero attached hydrogens (tertiary/aromatic N) is 6. The van der Waals surface area contributed by atoms with Crippen LogP contribution in [0.5, 0.6) is 5.75 Å². The molecule has 0 bridgehead atoms. The highest BCUT2D eigenvalue weighted by Gasteiger charge is 2.39. The molecule has 1 aliphatic rings. The molecule has 1 aliphatic heterocycles. The molecule has 0 N–H and O–H groups in total. The van der Waals surface area contributed by atoms with Crippen molar-refractivity contribution in [3.63, 3.8) is 0 Å². The van der Waals surface area contributed by atoms with Crippen molar-refractivity contribution in [3.05, 3.63) is 83.3 Å². The molecular formula is C30H29F3N6O2. The van der Waals surface area contributed by atoms with Crippen LogP contribution in [0, 0.1) is 6.92 Å². The highest BCUT2D eigenvalue weighted by atomic mass is 19.4. The SMILES string of the molecule is CCn1cc(-c2cc(Cn3ccnc3C)cc3c2CCN(c2cn(C)c4ccc(OC)cc24)C3=O)c(C(F)(F)F)n1. The van der Waals surface area contributed by atoms with Gasteiger partial charge in [-0.1, -0.05) is 0 Å². The van der Waals surface area contributed by atoms with Crippen LogP contribution in [-0.4, -0.2) is 43.5 Å². The van der Waals surface area contributed by atoms with Crippen LogP contribution < -0.4 is 9.64 Å². The molecule has 6 rings (SSSR count). The summed E-state index contributed by atoms with van der Waals surface area (Å²) in [5.74, 6) is 1.17. The Bertz CT molecular complexity index is 1800. The number of rotatable bonds is 6. The van der Waals surface area contributed by atoms with E-state index in [1.54, 1.807) is 37.3 Å². The molecule has 212 valence electrons. The second-order valence-corrected chi connectivity index (χ2v) is 10.2. The van der Waals surface area contributed by atoms with E-state index < -0.39 is 11.9 Å². The molecule has 0 radical (unpaired) electrons. The zero-order valence-corrected chi connectivity index (χ0v) is 23.2. The van der Waals surface area contributed by atoms with Gasteiger partial charge >= 0.3 is 6.18 Å². The molecule has 5 aromatic rings. The number of amides is 1. The summed E-state index contributed by atoms with van der Waals surface area (Å²) in [6, 6.07) is 9.26. The number of aromatic nitrogens is 5. The number of alkyl halides is 3. The highest BCUT2D eigenvalue weighted by molar-refractivity contribution is 6.13. The number of halogens is 3. The van der Waals surface area contributed by atoms with E-state index >= 15 is 0 Å². The Morgan fingerprint density at radius 2 is 1.85 bits per heavy atom. The molecular weight excluding hydrogens is 533 g/mol. The van der Waals surface area contributed by atoms with Gasteiger partial charge in [0.25, 0.3) is 5.91 Å². The smallest absolute Gasteiger partial charge is 0.435 e. The number of benzene rings is 2. The maximum atomic E-state index is 14.2. The summed E-state index contributed by atoms with van der Waals surface area (Å²) in [5.41, 5.74) is 2.76. The predicted octanol–water partition coefficient (Wildman–Crippen LogP) is 5.85. The quantitative estimate of drug-likeness (QED) is 0.261. The number of ether oxygens (including phenoxy) is 1. The minimum atomic E-state index is -4.65. The van der Waals surface area contributed by atoms with E-state index in [4.69, 9.17) is 4.74 Å². The van der Waals surface area contributed by atoms with E-state index in [0.717, 1.165) is 22.4 Å². The van der Waals surface area contributed by atoms with E-state index in [1.807, 2.05) is 53.7 Å². The number of anilines is 1. The minimum Gasteiger partial charge on any atom is -0.497 e. The molecule has 11 heteroatoms. The average Bonchev–Trinajstić information content (AvgIpc) is 3.66. The lowest BCUT2D eigenvalue weighted by atomic mass is 9.88. The largest absolute Gasteiger partial charge is 0.497 e. The molecule has 41 heavy (non-hydrogen) atoms.